The Morgan fingerprint density at radius 3 is 2.46 bits per heavy atom. The highest BCUT2D eigenvalue weighted by molar-refractivity contribution is 5.83. The Labute approximate surface area is 153 Å². The molecule has 144 valence electrons. The fourth-order valence-corrected chi connectivity index (χ4v) is 2.48. The molecule has 0 bridgehead atoms. The number of ether oxygens (including phenoxy) is 2. The van der Waals surface area contributed by atoms with E-state index in [0.29, 0.717) is 17.9 Å². The topological polar surface area (TPSA) is 105 Å². The number of aliphatic carboxylic acids is 1. The van der Waals surface area contributed by atoms with Crippen LogP contribution in [0.1, 0.15) is 25.8 Å². The molecule has 1 rings (SSSR count). The van der Waals surface area contributed by atoms with Crippen LogP contribution in [-0.2, 0) is 20.8 Å². The maximum absolute atomic E-state index is 12.6. The SMILES string of the molecule is COc1ccc(OC)c(CCC(=O)N(CCNC(C)=O)C(C)C(=O)O)c1. The zero-order valence-corrected chi connectivity index (χ0v) is 15.6. The molecule has 26 heavy (non-hydrogen) atoms. The number of rotatable bonds is 10. The maximum Gasteiger partial charge on any atom is 0.326 e. The average molecular weight is 366 g/mol. The van der Waals surface area contributed by atoms with Gasteiger partial charge in [0.15, 0.2) is 0 Å². The number of nitrogens with one attached hydrogen (secondary N) is 1. The lowest BCUT2D eigenvalue weighted by atomic mass is 10.1. The number of carbonyl (C=O) groups is 3. The summed E-state index contributed by atoms with van der Waals surface area (Å²) < 4.78 is 10.5. The Kier molecular flexibility index (Phi) is 8.41. The van der Waals surface area contributed by atoms with Crippen molar-refractivity contribution in [1.82, 2.24) is 10.2 Å². The first kappa shape index (κ1) is 21.3. The van der Waals surface area contributed by atoms with E-state index in [1.165, 1.54) is 18.7 Å². The average Bonchev–Trinajstić information content (AvgIpc) is 2.62. The predicted molar refractivity (Wildman–Crippen MR) is 95.4 cm³/mol. The summed E-state index contributed by atoms with van der Waals surface area (Å²) in [5, 5.41) is 11.8. The fraction of sp³-hybridized carbons (Fsp3) is 0.500. The van der Waals surface area contributed by atoms with Crippen molar-refractivity contribution >= 4 is 17.8 Å². The molecule has 0 fully saturated rings. The van der Waals surface area contributed by atoms with Crippen LogP contribution in [0.3, 0.4) is 0 Å². The van der Waals surface area contributed by atoms with E-state index in [9.17, 15) is 19.5 Å². The number of hydrogen-bond acceptors (Lipinski definition) is 5. The fourth-order valence-electron chi connectivity index (χ4n) is 2.48. The lowest BCUT2D eigenvalue weighted by Crippen LogP contribution is -2.46. The zero-order valence-electron chi connectivity index (χ0n) is 15.6. The Balaban J connectivity index is 2.82. The van der Waals surface area contributed by atoms with E-state index < -0.39 is 12.0 Å². The van der Waals surface area contributed by atoms with Crippen molar-refractivity contribution < 1.29 is 29.0 Å². The predicted octanol–water partition coefficient (Wildman–Crippen LogP) is 1.07. The van der Waals surface area contributed by atoms with Crippen LogP contribution in [0.25, 0.3) is 0 Å². The molecular weight excluding hydrogens is 340 g/mol. The van der Waals surface area contributed by atoms with Gasteiger partial charge < -0.3 is 24.8 Å². The second-order valence-electron chi connectivity index (χ2n) is 5.76. The molecule has 0 spiro atoms. The third kappa shape index (κ3) is 6.27. The molecule has 1 aromatic rings. The molecule has 0 saturated heterocycles. The number of aryl methyl sites for hydroxylation is 1. The summed E-state index contributed by atoms with van der Waals surface area (Å²) >= 11 is 0. The highest BCUT2D eigenvalue weighted by atomic mass is 16.5. The molecule has 0 radical (unpaired) electrons. The summed E-state index contributed by atoms with van der Waals surface area (Å²) in [5.74, 6) is -0.360. The second kappa shape index (κ2) is 10.3. The van der Waals surface area contributed by atoms with Gasteiger partial charge in [0, 0.05) is 26.4 Å². The first-order valence-corrected chi connectivity index (χ1v) is 8.27. The maximum atomic E-state index is 12.6. The number of carboxylic acids is 1. The number of methoxy groups -OCH3 is 2. The van der Waals surface area contributed by atoms with E-state index in [1.54, 1.807) is 32.4 Å². The second-order valence-corrected chi connectivity index (χ2v) is 5.76. The molecule has 8 nitrogen and oxygen atoms in total. The largest absolute Gasteiger partial charge is 0.497 e. The Morgan fingerprint density at radius 1 is 1.23 bits per heavy atom. The van der Waals surface area contributed by atoms with Crippen LogP contribution in [-0.4, -0.2) is 61.1 Å². The molecule has 0 heterocycles. The van der Waals surface area contributed by atoms with Crippen LogP contribution < -0.4 is 14.8 Å². The van der Waals surface area contributed by atoms with Gasteiger partial charge in [0.05, 0.1) is 14.2 Å². The minimum absolute atomic E-state index is 0.112. The van der Waals surface area contributed by atoms with E-state index in [4.69, 9.17) is 9.47 Å². The molecule has 2 amide bonds. The molecule has 0 saturated carbocycles. The molecular formula is C18H26N2O6. The standard InChI is InChI=1S/C18H26N2O6/c1-12(18(23)24)20(10-9-19-13(2)21)17(22)8-5-14-11-15(25-3)6-7-16(14)26-4/h6-7,11-12H,5,8-10H2,1-4H3,(H,19,21)(H,23,24). The summed E-state index contributed by atoms with van der Waals surface area (Å²) in [7, 11) is 3.09. The van der Waals surface area contributed by atoms with Crippen molar-refractivity contribution in [3.63, 3.8) is 0 Å². The molecule has 0 aromatic heterocycles. The Morgan fingerprint density at radius 2 is 1.92 bits per heavy atom. The minimum Gasteiger partial charge on any atom is -0.497 e. The third-order valence-electron chi connectivity index (χ3n) is 3.97. The molecule has 0 aliphatic carbocycles. The highest BCUT2D eigenvalue weighted by Gasteiger charge is 2.25. The number of carbonyl (C=O) groups excluding carboxylic acids is 2. The molecule has 8 heteroatoms. The number of hydrogen-bond donors (Lipinski definition) is 2. The van der Waals surface area contributed by atoms with Gasteiger partial charge in [0.1, 0.15) is 17.5 Å². The first-order valence-electron chi connectivity index (χ1n) is 8.27. The molecule has 1 unspecified atom stereocenters. The number of nitrogens with zero attached hydrogens (tertiary/aromatic N) is 1. The van der Waals surface area contributed by atoms with Crippen molar-refractivity contribution in [2.75, 3.05) is 27.3 Å². The number of carboxylic acid groups (broad SMARTS) is 1. The van der Waals surface area contributed by atoms with Gasteiger partial charge in [0.2, 0.25) is 11.8 Å². The summed E-state index contributed by atoms with van der Waals surface area (Å²) in [6.45, 7) is 3.13. The van der Waals surface area contributed by atoms with E-state index in [-0.39, 0.29) is 31.3 Å². The van der Waals surface area contributed by atoms with E-state index in [0.717, 1.165) is 5.56 Å². The lowest BCUT2D eigenvalue weighted by Gasteiger charge is -2.26. The Bertz CT molecular complexity index is 647. The van der Waals surface area contributed by atoms with E-state index in [2.05, 4.69) is 5.32 Å². The molecule has 1 aromatic carbocycles. The Hall–Kier alpha value is -2.77. The quantitative estimate of drug-likeness (QED) is 0.642. The van der Waals surface area contributed by atoms with E-state index in [1.807, 2.05) is 0 Å². The molecule has 0 aliphatic heterocycles. The van der Waals surface area contributed by atoms with Crippen LogP contribution in [0.5, 0.6) is 11.5 Å². The number of benzene rings is 1. The van der Waals surface area contributed by atoms with Crippen molar-refractivity contribution in [2.45, 2.75) is 32.7 Å². The summed E-state index contributed by atoms with van der Waals surface area (Å²) in [5.41, 5.74) is 0.796. The molecule has 1 atom stereocenters. The molecule has 0 aliphatic rings. The first-order chi connectivity index (χ1) is 12.3. The van der Waals surface area contributed by atoms with Gasteiger partial charge in [-0.3, -0.25) is 9.59 Å². The van der Waals surface area contributed by atoms with Crippen LogP contribution >= 0.6 is 0 Å². The van der Waals surface area contributed by atoms with Crippen LogP contribution in [0.2, 0.25) is 0 Å². The monoisotopic (exact) mass is 366 g/mol. The number of amides is 2. The minimum atomic E-state index is -1.10. The van der Waals surface area contributed by atoms with Crippen molar-refractivity contribution in [1.29, 1.82) is 0 Å². The normalized spacial score (nSPS) is 11.4. The van der Waals surface area contributed by atoms with Crippen molar-refractivity contribution in [2.24, 2.45) is 0 Å². The summed E-state index contributed by atoms with van der Waals surface area (Å²) in [6, 6.07) is 4.32. The summed E-state index contributed by atoms with van der Waals surface area (Å²) in [4.78, 5) is 36.1. The van der Waals surface area contributed by atoms with Gasteiger partial charge in [-0.1, -0.05) is 0 Å². The van der Waals surface area contributed by atoms with Crippen LogP contribution in [0, 0.1) is 0 Å². The van der Waals surface area contributed by atoms with Gasteiger partial charge in [-0.25, -0.2) is 4.79 Å². The van der Waals surface area contributed by atoms with E-state index >= 15 is 0 Å². The molecule has 2 N–H and O–H groups in total. The van der Waals surface area contributed by atoms with Crippen LogP contribution in [0.4, 0.5) is 0 Å². The smallest absolute Gasteiger partial charge is 0.326 e. The van der Waals surface area contributed by atoms with Gasteiger partial charge >= 0.3 is 5.97 Å². The van der Waals surface area contributed by atoms with Crippen molar-refractivity contribution in [3.8, 4) is 11.5 Å². The van der Waals surface area contributed by atoms with Gasteiger partial charge in [0.25, 0.3) is 0 Å². The summed E-state index contributed by atoms with van der Waals surface area (Å²) in [6.07, 6.45) is 0.489. The van der Waals surface area contributed by atoms with Gasteiger partial charge in [-0.05, 0) is 37.1 Å². The zero-order chi connectivity index (χ0) is 19.7. The van der Waals surface area contributed by atoms with Crippen LogP contribution in [0.15, 0.2) is 18.2 Å². The van der Waals surface area contributed by atoms with Crippen molar-refractivity contribution in [3.05, 3.63) is 23.8 Å². The third-order valence-corrected chi connectivity index (χ3v) is 3.97. The highest BCUT2D eigenvalue weighted by Crippen LogP contribution is 2.25. The lowest BCUT2D eigenvalue weighted by molar-refractivity contribution is -0.149. The van der Waals surface area contributed by atoms with Gasteiger partial charge in [-0.2, -0.15) is 0 Å². The van der Waals surface area contributed by atoms with Gasteiger partial charge in [-0.15, -0.1) is 0 Å².